The molecule has 0 aromatic heterocycles. The summed E-state index contributed by atoms with van der Waals surface area (Å²) in [6, 6.07) is 5.42. The van der Waals surface area contributed by atoms with E-state index in [1.807, 2.05) is 0 Å². The van der Waals surface area contributed by atoms with Crippen LogP contribution in [0.5, 0.6) is 0 Å². The molecule has 15 atom stereocenters. The molecule has 0 radical (unpaired) electrons. The predicted octanol–water partition coefficient (Wildman–Crippen LogP) is 11.6. The van der Waals surface area contributed by atoms with E-state index in [-0.39, 0.29) is 0 Å². The minimum absolute atomic E-state index is 0.516. The molecule has 9 aliphatic carbocycles. The molecule has 3 N–H and O–H groups in total. The molecular formula is C54H91N5. The highest BCUT2D eigenvalue weighted by atomic mass is 15.4. The lowest BCUT2D eigenvalue weighted by atomic mass is 9.62. The van der Waals surface area contributed by atoms with Gasteiger partial charge in [-0.2, -0.15) is 0 Å². The summed E-state index contributed by atoms with van der Waals surface area (Å²) in [4.78, 5) is 6.76. The Balaban J connectivity index is 0.743. The molecule has 5 heteroatoms. The van der Waals surface area contributed by atoms with E-state index < -0.39 is 0 Å². The zero-order valence-electron chi connectivity index (χ0n) is 38.4. The van der Waals surface area contributed by atoms with E-state index in [4.69, 9.17) is 0 Å². The van der Waals surface area contributed by atoms with Gasteiger partial charge in [-0.15, -0.1) is 0 Å². The van der Waals surface area contributed by atoms with Gasteiger partial charge in [0.05, 0.1) is 18.5 Å². The number of likely N-dealkylation sites (tertiary alicyclic amines) is 2. The van der Waals surface area contributed by atoms with Gasteiger partial charge >= 0.3 is 0 Å². The number of hydrogen-bond acceptors (Lipinski definition) is 5. The topological polar surface area (TPSA) is 42.6 Å². The highest BCUT2D eigenvalue weighted by molar-refractivity contribution is 5.15. The van der Waals surface area contributed by atoms with Crippen LogP contribution in [0, 0.1) is 70.5 Å². The minimum Gasteiger partial charge on any atom is -0.294 e. The Morgan fingerprint density at radius 1 is 0.322 bits per heavy atom. The van der Waals surface area contributed by atoms with Crippen molar-refractivity contribution in [3.63, 3.8) is 0 Å². The van der Waals surface area contributed by atoms with Gasteiger partial charge in [0, 0.05) is 36.3 Å². The van der Waals surface area contributed by atoms with Crippen LogP contribution in [-0.2, 0) is 0 Å². The van der Waals surface area contributed by atoms with Crippen LogP contribution < -0.4 is 16.0 Å². The van der Waals surface area contributed by atoms with E-state index in [0.29, 0.717) is 23.9 Å². The van der Waals surface area contributed by atoms with E-state index in [0.717, 1.165) is 101 Å². The molecule has 0 bridgehead atoms. The summed E-state index contributed by atoms with van der Waals surface area (Å²) < 4.78 is 0. The summed E-state index contributed by atoms with van der Waals surface area (Å²) in [6.45, 7) is 5.54. The van der Waals surface area contributed by atoms with Gasteiger partial charge in [0.15, 0.2) is 0 Å². The van der Waals surface area contributed by atoms with Crippen molar-refractivity contribution in [3.05, 3.63) is 0 Å². The second kappa shape index (κ2) is 16.7. The number of rotatable bonds is 5. The molecule has 12 aliphatic rings. The molecule has 9 saturated carbocycles. The molecule has 12 fully saturated rings. The van der Waals surface area contributed by atoms with Crippen molar-refractivity contribution < 1.29 is 0 Å². The van der Waals surface area contributed by atoms with Crippen molar-refractivity contribution in [2.45, 2.75) is 268 Å². The molecule has 0 aromatic carbocycles. The van der Waals surface area contributed by atoms with Gasteiger partial charge in [-0.3, -0.25) is 25.8 Å². The molecule has 3 heterocycles. The fourth-order valence-corrected chi connectivity index (χ4v) is 20.3. The lowest BCUT2D eigenvalue weighted by Gasteiger charge is -2.50. The van der Waals surface area contributed by atoms with E-state index >= 15 is 0 Å². The highest BCUT2D eigenvalue weighted by Crippen LogP contribution is 2.67. The molecule has 0 spiro atoms. The van der Waals surface area contributed by atoms with Gasteiger partial charge in [-0.05, 0) is 193 Å². The monoisotopic (exact) mass is 810 g/mol. The van der Waals surface area contributed by atoms with Gasteiger partial charge in [0.25, 0.3) is 0 Å². The van der Waals surface area contributed by atoms with Crippen molar-refractivity contribution in [2.75, 3.05) is 0 Å². The Morgan fingerprint density at radius 3 is 1.39 bits per heavy atom. The Morgan fingerprint density at radius 2 is 0.780 bits per heavy atom. The molecular weight excluding hydrogens is 719 g/mol. The highest BCUT2D eigenvalue weighted by Gasteiger charge is 2.64. The summed E-state index contributed by atoms with van der Waals surface area (Å²) in [5.41, 5.74) is 0.576. The maximum absolute atomic E-state index is 4.30. The summed E-state index contributed by atoms with van der Waals surface area (Å²) >= 11 is 0. The minimum atomic E-state index is 0.516. The lowest BCUT2D eigenvalue weighted by molar-refractivity contribution is -0.00421. The first-order valence-electron chi connectivity index (χ1n) is 27.8. The molecule has 15 unspecified atom stereocenters. The van der Waals surface area contributed by atoms with E-state index in [1.165, 1.54) is 154 Å². The maximum atomic E-state index is 4.30. The van der Waals surface area contributed by atoms with Gasteiger partial charge in [-0.25, -0.2) is 0 Å². The second-order valence-electron chi connectivity index (χ2n) is 25.3. The SMILES string of the molecule is CC1(C)C2CCCCC2C2CC3C4CCCCC4N(C4CCC5C(C4)C4CCCCC4N5C4CCC(C5NC(C6CCCCC6)NC(C6CCCCC6)N5)CC4)C3CC21. The summed E-state index contributed by atoms with van der Waals surface area (Å²) in [6.07, 6.45) is 48.1. The molecule has 0 amide bonds. The Bertz CT molecular complexity index is 1400. The van der Waals surface area contributed by atoms with Crippen LogP contribution in [0.1, 0.15) is 213 Å². The standard InChI is InChI=1S/C54H91N5/c1-54(2)45-22-12-9-19-39(45)42-32-44-41-21-11-14-24-48(41)59(50(44)33-46(42)54)38-29-30-49-43(31-38)40-20-10-13-23-47(40)58(49)37-27-25-36(26-28-37)53-56-51(34-15-5-3-6-16-34)55-52(57-53)35-17-7-4-8-18-35/h34-53,55-57H,3-33H2,1-2H3. The lowest BCUT2D eigenvalue weighted by Crippen LogP contribution is -2.72. The van der Waals surface area contributed by atoms with E-state index in [1.54, 1.807) is 44.9 Å². The third-order valence-corrected chi connectivity index (χ3v) is 22.7. The molecule has 5 nitrogen and oxygen atoms in total. The first-order valence-corrected chi connectivity index (χ1v) is 27.8. The van der Waals surface area contributed by atoms with Crippen LogP contribution in [0.2, 0.25) is 0 Å². The van der Waals surface area contributed by atoms with Crippen LogP contribution in [-0.4, -0.2) is 64.5 Å². The zero-order valence-corrected chi connectivity index (χ0v) is 38.4. The third kappa shape index (κ3) is 7.05. The summed E-state index contributed by atoms with van der Waals surface area (Å²) in [5.74, 6) is 10.7. The average Bonchev–Trinajstić information content (AvgIpc) is 3.88. The Kier molecular flexibility index (Phi) is 11.4. The second-order valence-corrected chi connectivity index (χ2v) is 25.3. The number of nitrogens with zero attached hydrogens (tertiary/aromatic N) is 2. The van der Waals surface area contributed by atoms with Crippen molar-refractivity contribution >= 4 is 0 Å². The predicted molar refractivity (Wildman–Crippen MR) is 242 cm³/mol. The normalized spacial score (nSPS) is 52.2. The van der Waals surface area contributed by atoms with Gasteiger partial charge < -0.3 is 0 Å². The van der Waals surface area contributed by atoms with Crippen molar-refractivity contribution in [1.82, 2.24) is 25.8 Å². The molecule has 12 rings (SSSR count). The first-order chi connectivity index (χ1) is 29.0. The number of nitrogens with one attached hydrogen (secondary N) is 3. The van der Waals surface area contributed by atoms with Crippen molar-refractivity contribution in [3.8, 4) is 0 Å². The number of hydrogen-bond donors (Lipinski definition) is 3. The van der Waals surface area contributed by atoms with Crippen LogP contribution in [0.15, 0.2) is 0 Å². The molecule has 3 saturated heterocycles. The number of fused-ring (bicyclic) bond motifs is 9. The van der Waals surface area contributed by atoms with Crippen LogP contribution in [0.3, 0.4) is 0 Å². The van der Waals surface area contributed by atoms with Gasteiger partial charge in [0.2, 0.25) is 0 Å². The Hall–Kier alpha value is -0.200. The fourth-order valence-electron chi connectivity index (χ4n) is 20.3. The summed E-state index contributed by atoms with van der Waals surface area (Å²) in [7, 11) is 0. The van der Waals surface area contributed by atoms with E-state index in [2.05, 4.69) is 39.6 Å². The molecule has 332 valence electrons. The first kappa shape index (κ1) is 40.3. The summed E-state index contributed by atoms with van der Waals surface area (Å²) in [5, 5.41) is 12.8. The van der Waals surface area contributed by atoms with E-state index in [9.17, 15) is 0 Å². The largest absolute Gasteiger partial charge is 0.294 e. The van der Waals surface area contributed by atoms with Crippen molar-refractivity contribution in [2.24, 2.45) is 70.5 Å². The third-order valence-electron chi connectivity index (χ3n) is 22.7. The zero-order chi connectivity index (χ0) is 39.2. The van der Waals surface area contributed by atoms with Crippen LogP contribution in [0.4, 0.5) is 0 Å². The molecule has 0 aromatic rings. The van der Waals surface area contributed by atoms with Crippen LogP contribution >= 0.6 is 0 Å². The van der Waals surface area contributed by atoms with Crippen molar-refractivity contribution in [1.29, 1.82) is 0 Å². The maximum Gasteiger partial charge on any atom is 0.0624 e. The quantitative estimate of drug-likeness (QED) is 0.258. The molecule has 59 heavy (non-hydrogen) atoms. The smallest absolute Gasteiger partial charge is 0.0624 e. The Labute approximate surface area is 362 Å². The average molecular weight is 810 g/mol. The fraction of sp³-hybridized carbons (Fsp3) is 1.00. The van der Waals surface area contributed by atoms with Gasteiger partial charge in [-0.1, -0.05) is 90.9 Å². The molecule has 3 aliphatic heterocycles. The van der Waals surface area contributed by atoms with Crippen LogP contribution in [0.25, 0.3) is 0 Å². The van der Waals surface area contributed by atoms with Gasteiger partial charge in [0.1, 0.15) is 0 Å².